The average molecular weight is 260 g/mol. The van der Waals surface area contributed by atoms with E-state index in [1.807, 2.05) is 6.07 Å². The summed E-state index contributed by atoms with van der Waals surface area (Å²) in [4.78, 5) is 16.3. The third kappa shape index (κ3) is 2.08. The number of carbonyl (C=O) groups excluding carboxylic acids is 1. The first-order chi connectivity index (χ1) is 9.24. The molecule has 0 bridgehead atoms. The monoisotopic (exact) mass is 260 g/mol. The number of ether oxygens (including phenoxy) is 1. The summed E-state index contributed by atoms with van der Waals surface area (Å²) >= 11 is 0. The predicted octanol–water partition coefficient (Wildman–Crippen LogP) is 1.03. The van der Waals surface area contributed by atoms with E-state index in [0.29, 0.717) is 17.9 Å². The topological polar surface area (TPSA) is 68.5 Å². The van der Waals surface area contributed by atoms with Crippen LogP contribution in [0.5, 0.6) is 0 Å². The summed E-state index contributed by atoms with van der Waals surface area (Å²) in [6.45, 7) is 0.530. The molecule has 0 radical (unpaired) electrons. The van der Waals surface area contributed by atoms with Crippen molar-refractivity contribution in [3.63, 3.8) is 0 Å². The van der Waals surface area contributed by atoms with Gasteiger partial charge in [-0.25, -0.2) is 9.50 Å². The van der Waals surface area contributed by atoms with Crippen LogP contribution in [0.2, 0.25) is 0 Å². The van der Waals surface area contributed by atoms with E-state index >= 15 is 0 Å². The third-order valence-corrected chi connectivity index (χ3v) is 3.78. The molecule has 1 fully saturated rings. The Hall–Kier alpha value is -1.95. The molecule has 2 heterocycles. The zero-order chi connectivity index (χ0) is 13.3. The van der Waals surface area contributed by atoms with Crippen molar-refractivity contribution >= 4 is 11.6 Å². The second-order valence-corrected chi connectivity index (χ2v) is 4.86. The van der Waals surface area contributed by atoms with Crippen LogP contribution < -0.4 is 5.32 Å². The number of fused-ring (bicyclic) bond motifs is 1. The zero-order valence-electron chi connectivity index (χ0n) is 10.8. The fraction of sp³-hybridized carbons (Fsp3) is 0.462. The van der Waals surface area contributed by atoms with Crippen molar-refractivity contribution in [2.75, 3.05) is 13.7 Å². The van der Waals surface area contributed by atoms with E-state index in [2.05, 4.69) is 15.4 Å². The number of rotatable bonds is 4. The van der Waals surface area contributed by atoms with Crippen LogP contribution in [0.1, 0.15) is 29.8 Å². The smallest absolute Gasteiger partial charge is 0.271 e. The molecule has 1 N–H and O–H groups in total. The fourth-order valence-corrected chi connectivity index (χ4v) is 2.34. The Labute approximate surface area is 110 Å². The van der Waals surface area contributed by atoms with Crippen LogP contribution in [-0.4, -0.2) is 39.8 Å². The summed E-state index contributed by atoms with van der Waals surface area (Å²) in [6, 6.07) is 3.60. The van der Waals surface area contributed by atoms with Crippen molar-refractivity contribution in [2.45, 2.75) is 24.9 Å². The number of aromatic nitrogens is 3. The molecule has 1 aliphatic rings. The molecule has 0 spiro atoms. The molecule has 6 heteroatoms. The molecule has 3 rings (SSSR count). The number of imidazole rings is 1. The van der Waals surface area contributed by atoms with Gasteiger partial charge in [-0.05, 0) is 31.4 Å². The molecule has 19 heavy (non-hydrogen) atoms. The second kappa shape index (κ2) is 4.62. The molecule has 1 aliphatic carbocycles. The van der Waals surface area contributed by atoms with Gasteiger partial charge >= 0.3 is 0 Å². The molecule has 0 saturated heterocycles. The van der Waals surface area contributed by atoms with E-state index in [1.54, 1.807) is 19.4 Å². The Balaban J connectivity index is 1.73. The maximum atomic E-state index is 12.2. The lowest BCUT2D eigenvalue weighted by atomic mass is 9.80. The quantitative estimate of drug-likeness (QED) is 0.891. The molecule has 1 saturated carbocycles. The Kier molecular flexibility index (Phi) is 2.94. The van der Waals surface area contributed by atoms with E-state index in [9.17, 15) is 4.79 Å². The van der Waals surface area contributed by atoms with E-state index in [1.165, 1.54) is 10.7 Å². The van der Waals surface area contributed by atoms with Gasteiger partial charge in [0.15, 0.2) is 5.65 Å². The number of carbonyl (C=O) groups is 1. The minimum atomic E-state index is -0.177. The van der Waals surface area contributed by atoms with Gasteiger partial charge in [0.1, 0.15) is 5.69 Å². The summed E-state index contributed by atoms with van der Waals surface area (Å²) in [5.74, 6) is -0.172. The van der Waals surface area contributed by atoms with Crippen LogP contribution in [0.3, 0.4) is 0 Å². The Bertz CT molecular complexity index is 598. The van der Waals surface area contributed by atoms with Crippen LogP contribution in [0.4, 0.5) is 0 Å². The Morgan fingerprint density at radius 3 is 3.11 bits per heavy atom. The molecular formula is C13H16N4O2. The summed E-state index contributed by atoms with van der Waals surface area (Å²) in [7, 11) is 1.70. The van der Waals surface area contributed by atoms with Gasteiger partial charge in [0.2, 0.25) is 0 Å². The summed E-state index contributed by atoms with van der Waals surface area (Å²) in [5, 5.41) is 7.03. The Morgan fingerprint density at radius 2 is 2.42 bits per heavy atom. The predicted molar refractivity (Wildman–Crippen MR) is 68.9 cm³/mol. The van der Waals surface area contributed by atoms with Gasteiger partial charge in [-0.2, -0.15) is 5.10 Å². The molecular weight excluding hydrogens is 244 g/mol. The number of hydrogen-bond acceptors (Lipinski definition) is 4. The largest absolute Gasteiger partial charge is 0.376 e. The maximum Gasteiger partial charge on any atom is 0.271 e. The lowest BCUT2D eigenvalue weighted by Gasteiger charge is -2.40. The zero-order valence-corrected chi connectivity index (χ0v) is 10.8. The van der Waals surface area contributed by atoms with Gasteiger partial charge < -0.3 is 10.1 Å². The van der Waals surface area contributed by atoms with Crippen molar-refractivity contribution < 1.29 is 9.53 Å². The highest BCUT2D eigenvalue weighted by Crippen LogP contribution is 2.34. The van der Waals surface area contributed by atoms with Crippen LogP contribution in [-0.2, 0) is 4.74 Å². The van der Waals surface area contributed by atoms with Gasteiger partial charge in [0, 0.05) is 19.9 Å². The highest BCUT2D eigenvalue weighted by molar-refractivity contribution is 5.93. The van der Waals surface area contributed by atoms with Crippen LogP contribution in [0.25, 0.3) is 5.65 Å². The van der Waals surface area contributed by atoms with Crippen LogP contribution >= 0.6 is 0 Å². The van der Waals surface area contributed by atoms with Crippen molar-refractivity contribution in [1.82, 2.24) is 19.9 Å². The average Bonchev–Trinajstić information content (AvgIpc) is 2.81. The third-order valence-electron chi connectivity index (χ3n) is 3.78. The highest BCUT2D eigenvalue weighted by atomic mass is 16.5. The lowest BCUT2D eigenvalue weighted by Crippen LogP contribution is -2.49. The van der Waals surface area contributed by atoms with E-state index in [4.69, 9.17) is 4.74 Å². The summed E-state index contributed by atoms with van der Waals surface area (Å²) < 4.78 is 7.01. The second-order valence-electron chi connectivity index (χ2n) is 4.86. The minimum absolute atomic E-state index is 0.172. The lowest BCUT2D eigenvalue weighted by molar-refractivity contribution is -0.0679. The first kappa shape index (κ1) is 12.1. The number of methoxy groups -OCH3 is 1. The standard InChI is InChI=1S/C13H16N4O2/c1-19-13(5-3-6-13)9-15-12(18)10-8-14-11-4-2-7-16-17(10)11/h2,4,7-8H,3,5-6,9H2,1H3,(H,15,18). The Morgan fingerprint density at radius 1 is 1.58 bits per heavy atom. The van der Waals surface area contributed by atoms with Crippen molar-refractivity contribution in [2.24, 2.45) is 0 Å². The minimum Gasteiger partial charge on any atom is -0.376 e. The normalized spacial score (nSPS) is 17.1. The number of hydrogen-bond donors (Lipinski definition) is 1. The molecule has 0 aromatic carbocycles. The fourth-order valence-electron chi connectivity index (χ4n) is 2.34. The van der Waals surface area contributed by atoms with Gasteiger partial charge in [0.25, 0.3) is 5.91 Å². The molecule has 1 amide bonds. The molecule has 0 atom stereocenters. The number of amides is 1. The summed E-state index contributed by atoms with van der Waals surface area (Å²) in [5.41, 5.74) is 0.933. The van der Waals surface area contributed by atoms with Crippen molar-refractivity contribution in [3.05, 3.63) is 30.2 Å². The van der Waals surface area contributed by atoms with Gasteiger partial charge in [-0.1, -0.05) is 0 Å². The first-order valence-electron chi connectivity index (χ1n) is 6.36. The number of nitrogens with zero attached hydrogens (tertiary/aromatic N) is 3. The van der Waals surface area contributed by atoms with E-state index in [0.717, 1.165) is 19.3 Å². The molecule has 6 nitrogen and oxygen atoms in total. The van der Waals surface area contributed by atoms with Crippen molar-refractivity contribution in [1.29, 1.82) is 0 Å². The van der Waals surface area contributed by atoms with Crippen LogP contribution in [0, 0.1) is 0 Å². The van der Waals surface area contributed by atoms with Gasteiger partial charge in [-0.3, -0.25) is 4.79 Å². The maximum absolute atomic E-state index is 12.2. The van der Waals surface area contributed by atoms with Crippen LogP contribution in [0.15, 0.2) is 24.5 Å². The molecule has 2 aromatic heterocycles. The molecule has 0 unspecified atom stereocenters. The van der Waals surface area contributed by atoms with Gasteiger partial charge in [-0.15, -0.1) is 0 Å². The molecule has 100 valence electrons. The number of nitrogens with one attached hydrogen (secondary N) is 1. The SMILES string of the molecule is COC1(CNC(=O)c2cnc3cccnn23)CCC1. The first-order valence-corrected chi connectivity index (χ1v) is 6.36. The molecule has 0 aliphatic heterocycles. The molecule has 2 aromatic rings. The van der Waals surface area contributed by atoms with Crippen molar-refractivity contribution in [3.8, 4) is 0 Å². The van der Waals surface area contributed by atoms with E-state index in [-0.39, 0.29) is 11.5 Å². The van der Waals surface area contributed by atoms with Gasteiger partial charge in [0.05, 0.1) is 11.8 Å². The highest BCUT2D eigenvalue weighted by Gasteiger charge is 2.37. The summed E-state index contributed by atoms with van der Waals surface area (Å²) in [6.07, 6.45) is 6.32. The van der Waals surface area contributed by atoms with E-state index < -0.39 is 0 Å².